The van der Waals surface area contributed by atoms with Crippen LogP contribution >= 0.6 is 0 Å². The minimum atomic E-state index is -0.779. The quantitative estimate of drug-likeness (QED) is 0.808. The van der Waals surface area contributed by atoms with E-state index in [4.69, 9.17) is 9.47 Å². The molecule has 0 spiro atoms. The lowest BCUT2D eigenvalue weighted by Crippen LogP contribution is -2.27. The van der Waals surface area contributed by atoms with Gasteiger partial charge in [0.15, 0.2) is 6.61 Å². The van der Waals surface area contributed by atoms with Gasteiger partial charge in [-0.3, -0.25) is 4.79 Å². The molecule has 6 heteroatoms. The van der Waals surface area contributed by atoms with Crippen LogP contribution in [0.2, 0.25) is 0 Å². The molecule has 18 heavy (non-hydrogen) atoms. The highest BCUT2D eigenvalue weighted by Gasteiger charge is 2.18. The van der Waals surface area contributed by atoms with Crippen molar-refractivity contribution >= 4 is 11.9 Å². The molecule has 0 fully saturated rings. The Morgan fingerprint density at radius 1 is 1.28 bits per heavy atom. The summed E-state index contributed by atoms with van der Waals surface area (Å²) in [6.07, 6.45) is 0. The van der Waals surface area contributed by atoms with E-state index in [1.165, 1.54) is 18.2 Å². The van der Waals surface area contributed by atoms with E-state index in [9.17, 15) is 14.4 Å². The van der Waals surface area contributed by atoms with Gasteiger partial charge in [-0.1, -0.05) is 6.07 Å². The van der Waals surface area contributed by atoms with Gasteiger partial charge in [-0.15, -0.1) is 0 Å². The highest BCUT2D eigenvalue weighted by Crippen LogP contribution is 2.07. The van der Waals surface area contributed by atoms with Gasteiger partial charge < -0.3 is 14.5 Å². The Labute approximate surface area is 104 Å². The number of carbonyl (C=O) groups excluding carboxylic acids is 2. The minimum absolute atomic E-state index is 0.00828. The number of aromatic amines is 1. The van der Waals surface area contributed by atoms with Crippen LogP contribution in [0.4, 0.5) is 0 Å². The number of carbonyl (C=O) groups is 2. The topological polar surface area (TPSA) is 85.5 Å². The molecule has 0 bridgehead atoms. The lowest BCUT2D eigenvalue weighted by molar-refractivity contribution is -0.158. The van der Waals surface area contributed by atoms with Gasteiger partial charge in [0.2, 0.25) is 5.56 Å². The molecule has 0 aromatic carbocycles. The summed E-state index contributed by atoms with van der Waals surface area (Å²) >= 11 is 0. The molecular formula is C12H15NO5. The van der Waals surface area contributed by atoms with Crippen LogP contribution in [0.3, 0.4) is 0 Å². The number of aromatic nitrogens is 1. The molecule has 0 unspecified atom stereocenters. The number of ether oxygens (including phenoxy) is 2. The average molecular weight is 253 g/mol. The Kier molecular flexibility index (Phi) is 4.25. The van der Waals surface area contributed by atoms with E-state index in [-0.39, 0.29) is 5.69 Å². The maximum atomic E-state index is 11.5. The molecule has 0 aliphatic heterocycles. The van der Waals surface area contributed by atoms with Crippen LogP contribution in [-0.2, 0) is 14.3 Å². The smallest absolute Gasteiger partial charge is 0.355 e. The fourth-order valence-electron chi connectivity index (χ4n) is 1.14. The molecule has 98 valence electrons. The molecule has 0 aliphatic rings. The number of hydrogen-bond donors (Lipinski definition) is 1. The zero-order chi connectivity index (χ0) is 13.8. The molecular weight excluding hydrogens is 238 g/mol. The third-order valence-electron chi connectivity index (χ3n) is 1.73. The van der Waals surface area contributed by atoms with Crippen LogP contribution in [0.5, 0.6) is 0 Å². The summed E-state index contributed by atoms with van der Waals surface area (Å²) in [4.78, 5) is 36.0. The standard InChI is InChI=1S/C12H15NO5/c1-12(2,3)18-10(15)7-17-11(16)8-5-4-6-9(14)13-8/h4-6H,7H2,1-3H3,(H,13,14). The van der Waals surface area contributed by atoms with Crippen molar-refractivity contribution in [1.82, 2.24) is 4.98 Å². The predicted octanol–water partition coefficient (Wildman–Crippen LogP) is 0.873. The van der Waals surface area contributed by atoms with E-state index < -0.39 is 29.7 Å². The third-order valence-corrected chi connectivity index (χ3v) is 1.73. The van der Waals surface area contributed by atoms with Gasteiger partial charge >= 0.3 is 11.9 Å². The summed E-state index contributed by atoms with van der Waals surface area (Å²) in [6, 6.07) is 4.08. The maximum absolute atomic E-state index is 11.5. The summed E-state index contributed by atoms with van der Waals surface area (Å²) in [5.41, 5.74) is -1.06. The summed E-state index contributed by atoms with van der Waals surface area (Å²) in [6.45, 7) is 4.64. The lowest BCUT2D eigenvalue weighted by Gasteiger charge is -2.19. The minimum Gasteiger partial charge on any atom is -0.457 e. The zero-order valence-corrected chi connectivity index (χ0v) is 10.5. The van der Waals surface area contributed by atoms with Crippen molar-refractivity contribution in [3.63, 3.8) is 0 Å². The summed E-state index contributed by atoms with van der Waals surface area (Å²) in [5, 5.41) is 0. The van der Waals surface area contributed by atoms with Gasteiger partial charge in [0.25, 0.3) is 0 Å². The van der Waals surface area contributed by atoms with Crippen LogP contribution < -0.4 is 5.56 Å². The fourth-order valence-corrected chi connectivity index (χ4v) is 1.14. The van der Waals surface area contributed by atoms with E-state index in [0.717, 1.165) is 0 Å². The van der Waals surface area contributed by atoms with Gasteiger partial charge in [-0.05, 0) is 26.8 Å². The van der Waals surface area contributed by atoms with Crippen molar-refractivity contribution in [3.8, 4) is 0 Å². The first-order valence-electron chi connectivity index (χ1n) is 5.36. The van der Waals surface area contributed by atoms with Gasteiger partial charge in [-0.25, -0.2) is 9.59 Å². The van der Waals surface area contributed by atoms with Gasteiger partial charge in [-0.2, -0.15) is 0 Å². The first kappa shape index (κ1) is 14.0. The van der Waals surface area contributed by atoms with Crippen molar-refractivity contribution in [3.05, 3.63) is 34.2 Å². The second-order valence-corrected chi connectivity index (χ2v) is 4.59. The van der Waals surface area contributed by atoms with Crippen LogP contribution in [0.1, 0.15) is 31.3 Å². The van der Waals surface area contributed by atoms with Crippen molar-refractivity contribution < 1.29 is 19.1 Å². The van der Waals surface area contributed by atoms with Crippen LogP contribution in [0.15, 0.2) is 23.0 Å². The highest BCUT2D eigenvalue weighted by molar-refractivity contribution is 5.88. The molecule has 1 aromatic heterocycles. The predicted molar refractivity (Wildman–Crippen MR) is 63.2 cm³/mol. The molecule has 0 aliphatic carbocycles. The number of rotatable bonds is 3. The third kappa shape index (κ3) is 4.82. The summed E-state index contributed by atoms with van der Waals surface area (Å²) < 4.78 is 9.67. The van der Waals surface area contributed by atoms with E-state index in [0.29, 0.717) is 0 Å². The number of esters is 2. The molecule has 0 atom stereocenters. The Hall–Kier alpha value is -2.11. The molecule has 1 N–H and O–H groups in total. The Bertz CT molecular complexity index is 498. The number of hydrogen-bond acceptors (Lipinski definition) is 5. The van der Waals surface area contributed by atoms with Gasteiger partial charge in [0.05, 0.1) is 0 Å². The van der Waals surface area contributed by atoms with Crippen LogP contribution in [0, 0.1) is 0 Å². The summed E-state index contributed by atoms with van der Waals surface area (Å²) in [7, 11) is 0. The molecule has 0 saturated carbocycles. The Balaban J connectivity index is 2.52. The van der Waals surface area contributed by atoms with E-state index >= 15 is 0 Å². The molecule has 0 saturated heterocycles. The molecule has 0 amide bonds. The number of nitrogens with one attached hydrogen (secondary N) is 1. The molecule has 6 nitrogen and oxygen atoms in total. The molecule has 1 heterocycles. The lowest BCUT2D eigenvalue weighted by atomic mass is 10.2. The average Bonchev–Trinajstić information content (AvgIpc) is 2.23. The van der Waals surface area contributed by atoms with Crippen molar-refractivity contribution in [2.75, 3.05) is 6.61 Å². The van der Waals surface area contributed by atoms with Crippen LogP contribution in [-0.4, -0.2) is 29.1 Å². The largest absolute Gasteiger partial charge is 0.457 e. The SMILES string of the molecule is CC(C)(C)OC(=O)COC(=O)c1cccc(=O)[nH]1. The number of H-pyrrole nitrogens is 1. The normalized spacial score (nSPS) is 10.8. The Morgan fingerprint density at radius 3 is 2.50 bits per heavy atom. The van der Waals surface area contributed by atoms with Crippen LogP contribution in [0.25, 0.3) is 0 Å². The maximum Gasteiger partial charge on any atom is 0.355 e. The van der Waals surface area contributed by atoms with E-state index in [2.05, 4.69) is 4.98 Å². The molecule has 1 rings (SSSR count). The molecule has 0 radical (unpaired) electrons. The fraction of sp³-hybridized carbons (Fsp3) is 0.417. The second-order valence-electron chi connectivity index (χ2n) is 4.59. The van der Waals surface area contributed by atoms with Crippen molar-refractivity contribution in [2.24, 2.45) is 0 Å². The van der Waals surface area contributed by atoms with Gasteiger partial charge in [0.1, 0.15) is 11.3 Å². The first-order valence-corrected chi connectivity index (χ1v) is 5.36. The monoisotopic (exact) mass is 253 g/mol. The molecule has 1 aromatic rings. The van der Waals surface area contributed by atoms with Gasteiger partial charge in [0, 0.05) is 6.07 Å². The van der Waals surface area contributed by atoms with Crippen molar-refractivity contribution in [1.29, 1.82) is 0 Å². The van der Waals surface area contributed by atoms with Crippen molar-refractivity contribution in [2.45, 2.75) is 26.4 Å². The first-order chi connectivity index (χ1) is 8.28. The highest BCUT2D eigenvalue weighted by atomic mass is 16.6. The summed E-state index contributed by atoms with van der Waals surface area (Å²) in [5.74, 6) is -1.42. The number of pyridine rings is 1. The van der Waals surface area contributed by atoms with E-state index in [1.54, 1.807) is 20.8 Å². The Morgan fingerprint density at radius 2 is 1.94 bits per heavy atom. The van der Waals surface area contributed by atoms with E-state index in [1.807, 2.05) is 0 Å². The zero-order valence-electron chi connectivity index (χ0n) is 10.5. The second kappa shape index (κ2) is 5.48.